The molecule has 3 heterocycles. The molecule has 0 saturated heterocycles. The number of hydrogen-bond acceptors (Lipinski definition) is 7. The number of ether oxygens (including phenoxy) is 3. The average Bonchev–Trinajstić information content (AvgIpc) is 3.36. The molecular weight excluding hydrogens is 424 g/mol. The van der Waals surface area contributed by atoms with Crippen molar-refractivity contribution in [3.63, 3.8) is 0 Å². The van der Waals surface area contributed by atoms with Crippen molar-refractivity contribution in [1.29, 1.82) is 0 Å². The SMILES string of the molecule is CCOC(=O)CCn1c(=NC(=O)c2ccc(Cl)s2)sc2cc3c(cc21)OCO3. The van der Waals surface area contributed by atoms with E-state index < -0.39 is 0 Å². The minimum Gasteiger partial charge on any atom is -0.466 e. The fourth-order valence-electron chi connectivity index (χ4n) is 2.77. The van der Waals surface area contributed by atoms with Gasteiger partial charge in [0.15, 0.2) is 16.3 Å². The van der Waals surface area contributed by atoms with Gasteiger partial charge in [-0.05, 0) is 19.1 Å². The molecule has 1 aliphatic rings. The normalized spacial score (nSPS) is 13.3. The Bertz CT molecular complexity index is 1130. The fourth-order valence-corrected chi connectivity index (χ4v) is 4.76. The van der Waals surface area contributed by atoms with Crippen LogP contribution in [0.4, 0.5) is 0 Å². The van der Waals surface area contributed by atoms with E-state index in [-0.39, 0.29) is 25.1 Å². The Morgan fingerprint density at radius 2 is 2.04 bits per heavy atom. The summed E-state index contributed by atoms with van der Waals surface area (Å²) >= 11 is 8.44. The van der Waals surface area contributed by atoms with Gasteiger partial charge in [0, 0.05) is 18.7 Å². The molecule has 0 N–H and O–H groups in total. The third-order valence-electron chi connectivity index (χ3n) is 4.00. The van der Waals surface area contributed by atoms with E-state index in [0.717, 1.165) is 10.2 Å². The van der Waals surface area contributed by atoms with Crippen molar-refractivity contribution in [3.05, 3.63) is 38.3 Å². The van der Waals surface area contributed by atoms with E-state index in [2.05, 4.69) is 4.99 Å². The van der Waals surface area contributed by atoms with E-state index in [4.69, 9.17) is 25.8 Å². The Hall–Kier alpha value is -2.36. The first-order valence-electron chi connectivity index (χ1n) is 8.48. The molecule has 0 atom stereocenters. The van der Waals surface area contributed by atoms with Gasteiger partial charge in [-0.2, -0.15) is 4.99 Å². The van der Waals surface area contributed by atoms with Crippen molar-refractivity contribution >= 4 is 56.4 Å². The number of thiophene rings is 1. The van der Waals surface area contributed by atoms with Crippen molar-refractivity contribution in [3.8, 4) is 11.5 Å². The van der Waals surface area contributed by atoms with Gasteiger partial charge in [-0.3, -0.25) is 9.59 Å². The maximum Gasteiger partial charge on any atom is 0.307 e. The van der Waals surface area contributed by atoms with Crippen LogP contribution in [0.25, 0.3) is 10.2 Å². The summed E-state index contributed by atoms with van der Waals surface area (Å²) in [5, 5.41) is 0. The van der Waals surface area contributed by atoms with Gasteiger partial charge >= 0.3 is 5.97 Å². The van der Waals surface area contributed by atoms with Gasteiger partial charge in [0.2, 0.25) is 6.79 Å². The lowest BCUT2D eigenvalue weighted by Gasteiger charge is -2.06. The quantitative estimate of drug-likeness (QED) is 0.565. The highest BCUT2D eigenvalue weighted by Gasteiger charge is 2.19. The molecular formula is C18H15ClN2O5S2. The molecule has 146 valence electrons. The van der Waals surface area contributed by atoms with Crippen molar-refractivity contribution in [2.24, 2.45) is 4.99 Å². The number of nitrogens with zero attached hydrogens (tertiary/aromatic N) is 2. The number of amides is 1. The van der Waals surface area contributed by atoms with E-state index in [1.165, 1.54) is 22.7 Å². The van der Waals surface area contributed by atoms with Crippen LogP contribution in [0.1, 0.15) is 23.0 Å². The topological polar surface area (TPSA) is 79.1 Å². The van der Waals surface area contributed by atoms with Gasteiger partial charge < -0.3 is 18.8 Å². The molecule has 2 aromatic heterocycles. The Morgan fingerprint density at radius 3 is 2.75 bits per heavy atom. The second-order valence-electron chi connectivity index (χ2n) is 5.79. The van der Waals surface area contributed by atoms with Crippen LogP contribution in [0.15, 0.2) is 29.3 Å². The van der Waals surface area contributed by atoms with Gasteiger partial charge in [-0.25, -0.2) is 0 Å². The lowest BCUT2D eigenvalue weighted by molar-refractivity contribution is -0.143. The number of carbonyl (C=O) groups is 2. The number of aromatic nitrogens is 1. The monoisotopic (exact) mass is 438 g/mol. The summed E-state index contributed by atoms with van der Waals surface area (Å²) in [6.45, 7) is 2.58. The molecule has 1 aromatic carbocycles. The van der Waals surface area contributed by atoms with E-state index in [1.807, 2.05) is 16.7 Å². The summed E-state index contributed by atoms with van der Waals surface area (Å²) < 4.78 is 19.1. The molecule has 1 aliphatic heterocycles. The third kappa shape index (κ3) is 3.78. The van der Waals surface area contributed by atoms with Crippen LogP contribution in [0.5, 0.6) is 11.5 Å². The van der Waals surface area contributed by atoms with Crippen molar-refractivity contribution in [2.45, 2.75) is 19.9 Å². The largest absolute Gasteiger partial charge is 0.466 e. The number of benzene rings is 1. The lowest BCUT2D eigenvalue weighted by atomic mass is 10.3. The molecule has 0 bridgehead atoms. The predicted molar refractivity (Wildman–Crippen MR) is 106 cm³/mol. The number of rotatable bonds is 5. The predicted octanol–water partition coefficient (Wildman–Crippen LogP) is 3.84. The van der Waals surface area contributed by atoms with Crippen LogP contribution < -0.4 is 14.3 Å². The van der Waals surface area contributed by atoms with Gasteiger partial charge in [0.25, 0.3) is 5.91 Å². The van der Waals surface area contributed by atoms with Crippen LogP contribution >= 0.6 is 34.3 Å². The van der Waals surface area contributed by atoms with Gasteiger partial charge in [-0.15, -0.1) is 11.3 Å². The fraction of sp³-hybridized carbons (Fsp3) is 0.278. The first-order chi connectivity index (χ1) is 13.5. The Kier molecular flexibility index (Phi) is 5.38. The molecule has 28 heavy (non-hydrogen) atoms. The molecule has 1 amide bonds. The zero-order valence-corrected chi connectivity index (χ0v) is 17.2. The van der Waals surface area contributed by atoms with Gasteiger partial charge in [-0.1, -0.05) is 22.9 Å². The van der Waals surface area contributed by atoms with E-state index in [1.54, 1.807) is 19.1 Å². The van der Waals surface area contributed by atoms with Crippen LogP contribution in [0.3, 0.4) is 0 Å². The average molecular weight is 439 g/mol. The molecule has 0 unspecified atom stereocenters. The number of fused-ring (bicyclic) bond motifs is 2. The number of hydrogen-bond donors (Lipinski definition) is 0. The van der Waals surface area contributed by atoms with E-state index in [0.29, 0.717) is 38.7 Å². The minimum atomic E-state index is -0.381. The summed E-state index contributed by atoms with van der Waals surface area (Å²) in [6.07, 6.45) is 0.167. The van der Waals surface area contributed by atoms with Crippen molar-refractivity contribution in [1.82, 2.24) is 4.57 Å². The highest BCUT2D eigenvalue weighted by Crippen LogP contribution is 2.37. The highest BCUT2D eigenvalue weighted by atomic mass is 35.5. The smallest absolute Gasteiger partial charge is 0.307 e. The zero-order chi connectivity index (χ0) is 19.7. The van der Waals surface area contributed by atoms with Crippen LogP contribution in [-0.2, 0) is 16.1 Å². The standard InChI is InChI=1S/C18H15ClN2O5S2/c1-2-24-16(22)5-6-21-10-7-11-12(26-9-25-11)8-14(10)28-18(21)20-17(23)13-3-4-15(19)27-13/h3-4,7-8H,2,5-6,9H2,1H3. The number of carbonyl (C=O) groups excluding carboxylic acids is 2. The Labute approximate surface area is 172 Å². The number of esters is 1. The molecule has 10 heteroatoms. The Balaban J connectivity index is 1.77. The zero-order valence-electron chi connectivity index (χ0n) is 14.8. The lowest BCUT2D eigenvalue weighted by Crippen LogP contribution is -2.19. The van der Waals surface area contributed by atoms with E-state index in [9.17, 15) is 9.59 Å². The molecule has 0 aliphatic carbocycles. The van der Waals surface area contributed by atoms with Crippen LogP contribution in [0.2, 0.25) is 4.34 Å². The minimum absolute atomic E-state index is 0.167. The molecule has 0 fully saturated rings. The second kappa shape index (κ2) is 7.94. The summed E-state index contributed by atoms with van der Waals surface area (Å²) in [5.41, 5.74) is 0.814. The first-order valence-corrected chi connectivity index (χ1v) is 10.5. The van der Waals surface area contributed by atoms with Crippen LogP contribution in [-0.4, -0.2) is 29.8 Å². The summed E-state index contributed by atoms with van der Waals surface area (Å²) in [6, 6.07) is 7.00. The highest BCUT2D eigenvalue weighted by molar-refractivity contribution is 7.18. The summed E-state index contributed by atoms with van der Waals surface area (Å²) in [4.78, 5) is 29.6. The van der Waals surface area contributed by atoms with Gasteiger partial charge in [0.05, 0.1) is 32.5 Å². The molecule has 4 rings (SSSR count). The molecule has 0 spiro atoms. The van der Waals surface area contributed by atoms with Gasteiger partial charge in [0.1, 0.15) is 0 Å². The summed E-state index contributed by atoms with van der Waals surface area (Å²) in [5.74, 6) is 0.582. The molecule has 7 nitrogen and oxygen atoms in total. The first kappa shape index (κ1) is 19.0. The summed E-state index contributed by atoms with van der Waals surface area (Å²) in [7, 11) is 0. The third-order valence-corrected chi connectivity index (χ3v) is 6.26. The number of aryl methyl sites for hydroxylation is 1. The maximum atomic E-state index is 12.5. The second-order valence-corrected chi connectivity index (χ2v) is 8.51. The Morgan fingerprint density at radius 1 is 1.25 bits per heavy atom. The van der Waals surface area contributed by atoms with Crippen LogP contribution in [0, 0.1) is 0 Å². The molecule has 0 radical (unpaired) electrons. The maximum absolute atomic E-state index is 12.5. The molecule has 0 saturated carbocycles. The number of thiazole rings is 1. The van der Waals surface area contributed by atoms with Crippen molar-refractivity contribution < 1.29 is 23.8 Å². The number of halogens is 1. The van der Waals surface area contributed by atoms with Crippen molar-refractivity contribution in [2.75, 3.05) is 13.4 Å². The van der Waals surface area contributed by atoms with E-state index >= 15 is 0 Å². The molecule has 3 aromatic rings.